The zero-order valence-electron chi connectivity index (χ0n) is 19.3. The maximum atomic E-state index is 10.1. The van der Waals surface area contributed by atoms with Gasteiger partial charge in [0, 0.05) is 56.7 Å². The van der Waals surface area contributed by atoms with E-state index in [0.29, 0.717) is 11.6 Å². The SMILES string of the molecule is CCN(c1cc(-c2ccc(CN3CCOCC3)cc2)cc(C(O)O)c1C)C1CCOCC1. The van der Waals surface area contributed by atoms with Gasteiger partial charge >= 0.3 is 0 Å². The fourth-order valence-corrected chi connectivity index (χ4v) is 4.90. The molecule has 2 aromatic carbocycles. The van der Waals surface area contributed by atoms with Crippen molar-refractivity contribution in [2.45, 2.75) is 45.6 Å². The average Bonchev–Trinajstić information content (AvgIpc) is 2.82. The Labute approximate surface area is 191 Å². The Morgan fingerprint density at radius 2 is 1.62 bits per heavy atom. The Hall–Kier alpha value is -1.96. The minimum absolute atomic E-state index is 0.405. The lowest BCUT2D eigenvalue weighted by atomic mass is 9.95. The van der Waals surface area contributed by atoms with Crippen molar-refractivity contribution in [1.82, 2.24) is 4.90 Å². The molecule has 0 spiro atoms. The summed E-state index contributed by atoms with van der Waals surface area (Å²) in [5, 5.41) is 20.2. The first-order chi connectivity index (χ1) is 15.6. The lowest BCUT2D eigenvalue weighted by molar-refractivity contribution is -0.0428. The number of rotatable bonds is 7. The number of anilines is 1. The first kappa shape index (κ1) is 23.2. The van der Waals surface area contributed by atoms with Gasteiger partial charge in [-0.1, -0.05) is 24.3 Å². The van der Waals surface area contributed by atoms with E-state index in [-0.39, 0.29) is 0 Å². The predicted molar refractivity (Wildman–Crippen MR) is 127 cm³/mol. The molecule has 2 fully saturated rings. The summed E-state index contributed by atoms with van der Waals surface area (Å²) >= 11 is 0. The van der Waals surface area contributed by atoms with Crippen molar-refractivity contribution in [3.05, 3.63) is 53.1 Å². The van der Waals surface area contributed by atoms with Gasteiger partial charge in [0.05, 0.1) is 13.2 Å². The molecule has 2 saturated heterocycles. The van der Waals surface area contributed by atoms with Gasteiger partial charge < -0.3 is 24.6 Å². The molecule has 174 valence electrons. The van der Waals surface area contributed by atoms with E-state index in [0.717, 1.165) is 87.8 Å². The molecule has 0 bridgehead atoms. The Kier molecular flexibility index (Phi) is 7.81. The molecule has 0 aliphatic carbocycles. The van der Waals surface area contributed by atoms with Crippen molar-refractivity contribution in [3.8, 4) is 11.1 Å². The summed E-state index contributed by atoms with van der Waals surface area (Å²) in [6.07, 6.45) is 0.484. The normalized spacial score (nSPS) is 18.3. The lowest BCUT2D eigenvalue weighted by Gasteiger charge is -2.37. The van der Waals surface area contributed by atoms with Crippen LogP contribution >= 0.6 is 0 Å². The minimum atomic E-state index is -1.50. The van der Waals surface area contributed by atoms with Crippen molar-refractivity contribution in [2.75, 3.05) is 51.0 Å². The molecule has 6 nitrogen and oxygen atoms in total. The van der Waals surface area contributed by atoms with Crippen LogP contribution in [0.3, 0.4) is 0 Å². The third-order valence-corrected chi connectivity index (χ3v) is 6.78. The molecule has 0 radical (unpaired) electrons. The quantitative estimate of drug-likeness (QED) is 0.643. The van der Waals surface area contributed by atoms with Crippen LogP contribution < -0.4 is 4.90 Å². The van der Waals surface area contributed by atoms with Crippen molar-refractivity contribution >= 4 is 5.69 Å². The van der Waals surface area contributed by atoms with Crippen molar-refractivity contribution < 1.29 is 19.7 Å². The van der Waals surface area contributed by atoms with Crippen LogP contribution in [-0.2, 0) is 16.0 Å². The van der Waals surface area contributed by atoms with Gasteiger partial charge in [0.2, 0.25) is 0 Å². The van der Waals surface area contributed by atoms with Crippen LogP contribution in [-0.4, -0.2) is 67.2 Å². The van der Waals surface area contributed by atoms with E-state index in [4.69, 9.17) is 9.47 Å². The highest BCUT2D eigenvalue weighted by Crippen LogP contribution is 2.35. The van der Waals surface area contributed by atoms with Gasteiger partial charge in [-0.25, -0.2) is 0 Å². The van der Waals surface area contributed by atoms with Crippen LogP contribution in [0.25, 0.3) is 11.1 Å². The molecule has 32 heavy (non-hydrogen) atoms. The zero-order chi connectivity index (χ0) is 22.5. The topological polar surface area (TPSA) is 65.4 Å². The Balaban J connectivity index is 1.63. The van der Waals surface area contributed by atoms with Crippen LogP contribution in [0.2, 0.25) is 0 Å². The van der Waals surface area contributed by atoms with E-state index in [1.54, 1.807) is 0 Å². The third-order valence-electron chi connectivity index (χ3n) is 6.78. The third kappa shape index (κ3) is 5.33. The van der Waals surface area contributed by atoms with Crippen LogP contribution in [0.15, 0.2) is 36.4 Å². The fraction of sp³-hybridized carbons (Fsp3) is 0.538. The lowest BCUT2D eigenvalue weighted by Crippen LogP contribution is -2.40. The van der Waals surface area contributed by atoms with Gasteiger partial charge in [-0.3, -0.25) is 4.90 Å². The Morgan fingerprint density at radius 3 is 2.25 bits per heavy atom. The van der Waals surface area contributed by atoms with Crippen LogP contribution in [0.1, 0.15) is 42.7 Å². The molecular weight excluding hydrogens is 404 g/mol. The van der Waals surface area contributed by atoms with E-state index in [2.05, 4.69) is 47.1 Å². The highest BCUT2D eigenvalue weighted by Gasteiger charge is 2.24. The number of aliphatic hydroxyl groups excluding tert-OH is 1. The van der Waals surface area contributed by atoms with Crippen LogP contribution in [0.4, 0.5) is 5.69 Å². The van der Waals surface area contributed by atoms with Gasteiger partial charge in [-0.2, -0.15) is 0 Å². The number of hydrogen-bond donors (Lipinski definition) is 2. The second kappa shape index (κ2) is 10.8. The maximum Gasteiger partial charge on any atom is 0.178 e. The van der Waals surface area contributed by atoms with Gasteiger partial charge in [0.15, 0.2) is 6.29 Å². The standard InChI is InChI=1S/C26H36N2O4/c1-3-28(23-8-12-31-13-9-23)25-17-22(16-24(19(25)2)26(29)30)21-6-4-20(5-7-21)18-27-10-14-32-15-11-27/h4-7,16-17,23,26,29-30H,3,8-15,18H2,1-2H3. The molecule has 4 rings (SSSR count). The second-order valence-electron chi connectivity index (χ2n) is 8.80. The largest absolute Gasteiger partial charge is 0.381 e. The van der Waals surface area contributed by atoms with E-state index in [1.165, 1.54) is 5.56 Å². The predicted octanol–water partition coefficient (Wildman–Crippen LogP) is 3.48. The number of ether oxygens (including phenoxy) is 2. The van der Waals surface area contributed by atoms with E-state index >= 15 is 0 Å². The summed E-state index contributed by atoms with van der Waals surface area (Å²) in [7, 11) is 0. The molecule has 0 aromatic heterocycles. The fourth-order valence-electron chi connectivity index (χ4n) is 4.90. The molecule has 2 N–H and O–H groups in total. The molecule has 0 amide bonds. The molecule has 2 heterocycles. The van der Waals surface area contributed by atoms with Crippen LogP contribution in [0, 0.1) is 6.92 Å². The number of hydrogen-bond acceptors (Lipinski definition) is 6. The smallest absolute Gasteiger partial charge is 0.178 e. The molecule has 6 heteroatoms. The summed E-state index contributed by atoms with van der Waals surface area (Å²) in [6, 6.07) is 13.2. The maximum absolute atomic E-state index is 10.1. The zero-order valence-corrected chi connectivity index (χ0v) is 19.3. The average molecular weight is 441 g/mol. The highest BCUT2D eigenvalue weighted by molar-refractivity contribution is 5.73. The molecule has 2 aromatic rings. The molecular formula is C26H36N2O4. The Morgan fingerprint density at radius 1 is 0.969 bits per heavy atom. The Bertz CT molecular complexity index is 872. The highest BCUT2D eigenvalue weighted by atomic mass is 16.5. The molecule has 0 saturated carbocycles. The van der Waals surface area contributed by atoms with Crippen molar-refractivity contribution in [3.63, 3.8) is 0 Å². The number of benzene rings is 2. The summed E-state index contributed by atoms with van der Waals surface area (Å²) in [6.45, 7) is 11.1. The molecule has 0 atom stereocenters. The number of aliphatic hydroxyl groups is 2. The van der Waals surface area contributed by atoms with Gasteiger partial charge in [-0.15, -0.1) is 0 Å². The van der Waals surface area contributed by atoms with Crippen molar-refractivity contribution in [2.24, 2.45) is 0 Å². The monoisotopic (exact) mass is 440 g/mol. The first-order valence-corrected chi connectivity index (χ1v) is 11.8. The number of morpholine rings is 1. The second-order valence-corrected chi connectivity index (χ2v) is 8.80. The molecule has 2 aliphatic rings. The van der Waals surface area contributed by atoms with Gasteiger partial charge in [0.1, 0.15) is 0 Å². The van der Waals surface area contributed by atoms with Crippen molar-refractivity contribution in [1.29, 1.82) is 0 Å². The summed E-state index contributed by atoms with van der Waals surface area (Å²) in [5.74, 6) is 0. The minimum Gasteiger partial charge on any atom is -0.381 e. The van der Waals surface area contributed by atoms with E-state index in [1.807, 2.05) is 13.0 Å². The van der Waals surface area contributed by atoms with Gasteiger partial charge in [0.25, 0.3) is 0 Å². The number of nitrogens with zero attached hydrogens (tertiary/aromatic N) is 2. The van der Waals surface area contributed by atoms with Crippen LogP contribution in [0.5, 0.6) is 0 Å². The van der Waals surface area contributed by atoms with E-state index in [9.17, 15) is 10.2 Å². The van der Waals surface area contributed by atoms with Gasteiger partial charge in [-0.05, 0) is 61.1 Å². The summed E-state index contributed by atoms with van der Waals surface area (Å²) < 4.78 is 11.0. The van der Waals surface area contributed by atoms with E-state index < -0.39 is 6.29 Å². The first-order valence-electron chi connectivity index (χ1n) is 11.8. The summed E-state index contributed by atoms with van der Waals surface area (Å²) in [5.41, 5.74) is 5.96. The molecule has 2 aliphatic heterocycles. The molecule has 0 unspecified atom stereocenters. The summed E-state index contributed by atoms with van der Waals surface area (Å²) in [4.78, 5) is 4.82.